The summed E-state index contributed by atoms with van der Waals surface area (Å²) in [4.78, 5) is 24.6. The highest BCUT2D eigenvalue weighted by Gasteiger charge is 2.26. The first-order chi connectivity index (χ1) is 23.0. The van der Waals surface area contributed by atoms with E-state index in [1.54, 1.807) is 0 Å². The van der Waals surface area contributed by atoms with Gasteiger partial charge in [-0.25, -0.2) is 9.59 Å². The lowest BCUT2D eigenvalue weighted by molar-refractivity contribution is 0.000221. The number of carboxylic acids is 1. The van der Waals surface area contributed by atoms with Gasteiger partial charge < -0.3 is 47.7 Å². The van der Waals surface area contributed by atoms with Crippen LogP contribution in [0.1, 0.15) is 20.7 Å². The molecule has 0 bridgehead atoms. The van der Waals surface area contributed by atoms with Crippen LogP contribution in [0.4, 0.5) is 0 Å². The number of carbonyl (C=O) groups excluding carboxylic acids is 1. The number of ether oxygens (including phenoxy) is 9. The third kappa shape index (κ3) is 16.5. The SMILES string of the molecule is C#CCOCCOCCOCCOCCn1cc(C(=O)O)c(-c2nn(CCOCCOCCOCCOCC#C)cc2C(=O)OC)n1. The van der Waals surface area contributed by atoms with Gasteiger partial charge in [0.25, 0.3) is 0 Å². The van der Waals surface area contributed by atoms with Gasteiger partial charge in [-0.3, -0.25) is 9.36 Å². The summed E-state index contributed by atoms with van der Waals surface area (Å²) in [6.07, 6.45) is 13.0. The second-order valence-corrected chi connectivity index (χ2v) is 9.29. The van der Waals surface area contributed by atoms with Crippen LogP contribution in [-0.4, -0.2) is 149 Å². The Bertz CT molecular complexity index is 1250. The van der Waals surface area contributed by atoms with Crippen LogP contribution in [0.5, 0.6) is 0 Å². The molecule has 0 spiro atoms. The summed E-state index contributed by atoms with van der Waals surface area (Å²) >= 11 is 0. The van der Waals surface area contributed by atoms with Crippen LogP contribution in [0.3, 0.4) is 0 Å². The average Bonchev–Trinajstić information content (AvgIpc) is 3.70. The molecule has 16 nitrogen and oxygen atoms in total. The van der Waals surface area contributed by atoms with Gasteiger partial charge >= 0.3 is 11.9 Å². The first-order valence-corrected chi connectivity index (χ1v) is 15.0. The highest BCUT2D eigenvalue weighted by molar-refractivity contribution is 6.00. The van der Waals surface area contributed by atoms with Crippen LogP contribution < -0.4 is 0 Å². The monoisotopic (exact) mass is 664 g/mol. The van der Waals surface area contributed by atoms with Gasteiger partial charge in [0.1, 0.15) is 35.7 Å². The number of esters is 1. The summed E-state index contributed by atoms with van der Waals surface area (Å²) in [5, 5.41) is 18.6. The van der Waals surface area contributed by atoms with Crippen molar-refractivity contribution in [3.8, 4) is 36.1 Å². The standard InChI is InChI=1S/C31H44N4O12/c1-4-8-40-12-16-44-20-22-46-18-14-42-10-6-34-24-26(30(36)37)28(32-34)29-27(31(38)39-3)25-35(33-29)7-11-43-15-19-47-23-21-45-17-13-41-9-5-2/h1-2,24-25H,6-23H2,3H3,(H,36,37). The molecule has 0 aliphatic rings. The molecule has 2 aromatic rings. The summed E-state index contributed by atoms with van der Waals surface area (Å²) in [7, 11) is 1.23. The second-order valence-electron chi connectivity index (χ2n) is 9.29. The Kier molecular flexibility index (Phi) is 21.2. The number of methoxy groups -OCH3 is 1. The molecule has 0 saturated carbocycles. The number of rotatable bonds is 29. The maximum Gasteiger partial charge on any atom is 0.341 e. The van der Waals surface area contributed by atoms with Gasteiger partial charge in [-0.1, -0.05) is 11.8 Å². The Hall–Kier alpha value is -3.84. The molecule has 2 aromatic heterocycles. The molecule has 0 amide bonds. The predicted molar refractivity (Wildman–Crippen MR) is 166 cm³/mol. The zero-order valence-corrected chi connectivity index (χ0v) is 26.8. The summed E-state index contributed by atoms with van der Waals surface area (Å²) in [5.74, 6) is 2.85. The molecule has 0 atom stereocenters. The molecule has 0 unspecified atom stereocenters. The van der Waals surface area contributed by atoms with Crippen LogP contribution in [0.2, 0.25) is 0 Å². The number of aromatic carboxylic acids is 1. The number of carboxylic acid groups (broad SMARTS) is 1. The molecular formula is C31H44N4O12. The van der Waals surface area contributed by atoms with E-state index in [-0.39, 0.29) is 62.0 Å². The van der Waals surface area contributed by atoms with Crippen molar-refractivity contribution in [2.45, 2.75) is 13.1 Å². The first-order valence-electron chi connectivity index (χ1n) is 15.0. The van der Waals surface area contributed by atoms with Crippen LogP contribution in [0, 0.1) is 24.7 Å². The molecule has 0 aliphatic heterocycles. The van der Waals surface area contributed by atoms with Gasteiger partial charge in [-0.2, -0.15) is 10.2 Å². The Balaban J connectivity index is 1.76. The van der Waals surface area contributed by atoms with Crippen molar-refractivity contribution in [2.75, 3.05) is 113 Å². The van der Waals surface area contributed by atoms with Crippen molar-refractivity contribution in [1.29, 1.82) is 0 Å². The maximum atomic E-state index is 12.5. The lowest BCUT2D eigenvalue weighted by Gasteiger charge is -2.07. The van der Waals surface area contributed by atoms with Gasteiger partial charge in [-0.05, 0) is 0 Å². The Labute approximate surface area is 274 Å². The average molecular weight is 665 g/mol. The van der Waals surface area contributed by atoms with E-state index in [2.05, 4.69) is 22.0 Å². The fourth-order valence-electron chi connectivity index (χ4n) is 3.74. The molecule has 0 fully saturated rings. The molecule has 16 heteroatoms. The van der Waals surface area contributed by atoms with Crippen molar-refractivity contribution >= 4 is 11.9 Å². The molecule has 2 rings (SSSR count). The minimum absolute atomic E-state index is 0.0313. The number of nitrogens with zero attached hydrogens (tertiary/aromatic N) is 4. The van der Waals surface area contributed by atoms with Crippen molar-refractivity contribution in [2.24, 2.45) is 0 Å². The summed E-state index contributed by atoms with van der Waals surface area (Å²) < 4.78 is 50.8. The Morgan fingerprint density at radius 2 is 0.957 bits per heavy atom. The zero-order chi connectivity index (χ0) is 34.0. The lowest BCUT2D eigenvalue weighted by atomic mass is 10.1. The quantitative estimate of drug-likeness (QED) is 0.0729. The third-order valence-electron chi connectivity index (χ3n) is 5.92. The van der Waals surface area contributed by atoms with E-state index in [9.17, 15) is 14.7 Å². The normalized spacial score (nSPS) is 11.0. The topological polar surface area (TPSA) is 173 Å². The van der Waals surface area contributed by atoms with Gasteiger partial charge in [-0.15, -0.1) is 12.8 Å². The molecule has 2 heterocycles. The van der Waals surface area contributed by atoms with Gasteiger partial charge in [0.05, 0.1) is 113 Å². The third-order valence-corrected chi connectivity index (χ3v) is 5.92. The van der Waals surface area contributed by atoms with Crippen LogP contribution in [-0.2, 0) is 55.7 Å². The van der Waals surface area contributed by atoms with E-state index in [0.717, 1.165) is 0 Å². The van der Waals surface area contributed by atoms with Crippen molar-refractivity contribution in [3.05, 3.63) is 23.5 Å². The molecule has 47 heavy (non-hydrogen) atoms. The second kappa shape index (κ2) is 25.3. The molecule has 0 saturated heterocycles. The van der Waals surface area contributed by atoms with E-state index in [0.29, 0.717) is 79.3 Å². The van der Waals surface area contributed by atoms with Gasteiger partial charge in [0.15, 0.2) is 0 Å². The highest BCUT2D eigenvalue weighted by atomic mass is 16.6. The number of aromatic nitrogens is 4. The molecule has 260 valence electrons. The molecule has 1 N–H and O–H groups in total. The molecule has 0 radical (unpaired) electrons. The van der Waals surface area contributed by atoms with Crippen LogP contribution >= 0.6 is 0 Å². The largest absolute Gasteiger partial charge is 0.478 e. The summed E-state index contributed by atoms with van der Waals surface area (Å²) in [5.41, 5.74) is 0.0700. The first kappa shape index (κ1) is 39.3. The molecule has 0 aromatic carbocycles. The zero-order valence-electron chi connectivity index (χ0n) is 26.8. The minimum Gasteiger partial charge on any atom is -0.478 e. The number of hydrogen-bond acceptors (Lipinski definition) is 13. The van der Waals surface area contributed by atoms with E-state index in [1.165, 1.54) is 28.9 Å². The molecule has 0 aliphatic carbocycles. The fraction of sp³-hybridized carbons (Fsp3) is 0.613. The maximum absolute atomic E-state index is 12.5. The van der Waals surface area contributed by atoms with E-state index in [1.807, 2.05) is 0 Å². The van der Waals surface area contributed by atoms with Gasteiger partial charge in [0.2, 0.25) is 0 Å². The number of hydrogen-bond donors (Lipinski definition) is 1. The summed E-state index contributed by atoms with van der Waals surface area (Å²) in [6.45, 7) is 6.34. The Morgan fingerprint density at radius 1 is 0.617 bits per heavy atom. The lowest BCUT2D eigenvalue weighted by Crippen LogP contribution is -2.13. The van der Waals surface area contributed by atoms with E-state index in [4.69, 9.17) is 55.5 Å². The molecular weight excluding hydrogens is 620 g/mol. The fourth-order valence-corrected chi connectivity index (χ4v) is 3.74. The Morgan fingerprint density at radius 3 is 1.32 bits per heavy atom. The van der Waals surface area contributed by atoms with E-state index >= 15 is 0 Å². The van der Waals surface area contributed by atoms with Crippen LogP contribution in [0.25, 0.3) is 11.4 Å². The number of carbonyl (C=O) groups is 2. The van der Waals surface area contributed by atoms with Crippen molar-refractivity contribution in [1.82, 2.24) is 19.6 Å². The number of terminal acetylenes is 2. The van der Waals surface area contributed by atoms with Crippen LogP contribution in [0.15, 0.2) is 12.4 Å². The van der Waals surface area contributed by atoms with Crippen molar-refractivity contribution in [3.63, 3.8) is 0 Å². The van der Waals surface area contributed by atoms with Gasteiger partial charge in [0, 0.05) is 12.4 Å². The van der Waals surface area contributed by atoms with E-state index < -0.39 is 11.9 Å². The smallest absolute Gasteiger partial charge is 0.341 e. The predicted octanol–water partition coefficient (Wildman–Crippen LogP) is 0.631. The van der Waals surface area contributed by atoms with Crippen molar-refractivity contribution < 1.29 is 57.3 Å². The minimum atomic E-state index is -1.22. The summed E-state index contributed by atoms with van der Waals surface area (Å²) in [6, 6.07) is 0. The highest BCUT2D eigenvalue weighted by Crippen LogP contribution is 2.25.